The monoisotopic (exact) mass is 206 g/mol. The van der Waals surface area contributed by atoms with E-state index < -0.39 is 0 Å². The van der Waals surface area contributed by atoms with E-state index in [1.807, 2.05) is 18.2 Å². The van der Waals surface area contributed by atoms with Crippen molar-refractivity contribution in [2.24, 2.45) is 0 Å². The lowest BCUT2D eigenvalue weighted by Crippen LogP contribution is -2.37. The Morgan fingerprint density at radius 1 is 1.40 bits per heavy atom. The summed E-state index contributed by atoms with van der Waals surface area (Å²) in [6.45, 7) is 2.56. The summed E-state index contributed by atoms with van der Waals surface area (Å²) in [6.07, 6.45) is 5.67. The maximum absolute atomic E-state index is 5.63. The summed E-state index contributed by atoms with van der Waals surface area (Å²) in [5.41, 5.74) is 1.01. The summed E-state index contributed by atoms with van der Waals surface area (Å²) in [7, 11) is 0. The quantitative estimate of drug-likeness (QED) is 0.814. The highest BCUT2D eigenvalue weighted by Gasteiger charge is 2.11. The summed E-state index contributed by atoms with van der Waals surface area (Å²) in [6, 6.07) is 6.45. The van der Waals surface area contributed by atoms with Gasteiger partial charge in [-0.3, -0.25) is 4.98 Å². The molecule has 0 aliphatic carbocycles. The predicted octanol–water partition coefficient (Wildman–Crippen LogP) is 1.74. The van der Waals surface area contributed by atoms with E-state index in [2.05, 4.69) is 10.3 Å². The van der Waals surface area contributed by atoms with E-state index in [1.54, 1.807) is 6.20 Å². The predicted molar refractivity (Wildman–Crippen MR) is 59.5 cm³/mol. The summed E-state index contributed by atoms with van der Waals surface area (Å²) >= 11 is 0. The zero-order valence-electron chi connectivity index (χ0n) is 8.98. The normalized spacial score (nSPS) is 21.5. The van der Waals surface area contributed by atoms with Crippen LogP contribution in [0.3, 0.4) is 0 Å². The number of nitrogens with one attached hydrogen (secondary N) is 1. The van der Waals surface area contributed by atoms with Crippen molar-refractivity contribution in [3.8, 4) is 0 Å². The van der Waals surface area contributed by atoms with Crippen LogP contribution in [0.15, 0.2) is 24.4 Å². The Hall–Kier alpha value is -0.930. The minimum atomic E-state index is 0.544. The number of aromatic nitrogens is 1. The highest BCUT2D eigenvalue weighted by atomic mass is 16.5. The van der Waals surface area contributed by atoms with Gasteiger partial charge in [0.1, 0.15) is 0 Å². The maximum Gasteiger partial charge on any atom is 0.0888 e. The first-order valence-electron chi connectivity index (χ1n) is 5.66. The van der Waals surface area contributed by atoms with E-state index in [-0.39, 0.29) is 0 Å². The molecule has 1 aliphatic heterocycles. The summed E-state index contributed by atoms with van der Waals surface area (Å²) in [5.74, 6) is 0. The van der Waals surface area contributed by atoms with Crippen molar-refractivity contribution in [2.45, 2.75) is 31.9 Å². The molecule has 1 aromatic heterocycles. The number of rotatable bonds is 4. The van der Waals surface area contributed by atoms with Crippen LogP contribution >= 0.6 is 0 Å². The average molecular weight is 206 g/mol. The van der Waals surface area contributed by atoms with Crippen LogP contribution in [0.1, 0.15) is 25.0 Å². The molecule has 3 heteroatoms. The zero-order valence-corrected chi connectivity index (χ0v) is 8.98. The molecule has 2 heterocycles. The van der Waals surface area contributed by atoms with Gasteiger partial charge in [0, 0.05) is 12.2 Å². The second-order valence-electron chi connectivity index (χ2n) is 3.98. The van der Waals surface area contributed by atoms with Gasteiger partial charge >= 0.3 is 0 Å². The highest BCUT2D eigenvalue weighted by Crippen LogP contribution is 2.07. The van der Waals surface area contributed by atoms with Gasteiger partial charge < -0.3 is 10.1 Å². The van der Waals surface area contributed by atoms with E-state index in [1.165, 1.54) is 19.3 Å². The molecule has 1 saturated heterocycles. The van der Waals surface area contributed by atoms with Gasteiger partial charge in [-0.25, -0.2) is 0 Å². The number of hydrogen-bond donors (Lipinski definition) is 1. The molecule has 1 fully saturated rings. The molecule has 1 N–H and O–H groups in total. The molecular formula is C12H18N2O. The molecule has 3 nitrogen and oxygen atoms in total. The van der Waals surface area contributed by atoms with E-state index in [0.717, 1.165) is 18.8 Å². The first-order chi connectivity index (χ1) is 7.45. The highest BCUT2D eigenvalue weighted by molar-refractivity contribution is 5.01. The molecular weight excluding hydrogens is 188 g/mol. The van der Waals surface area contributed by atoms with Gasteiger partial charge in [0.2, 0.25) is 0 Å². The standard InChI is InChI=1S/C12H18N2O/c1-3-7-13-11(5-1)9-15-10-12-6-2-4-8-14-12/h1,3,5,7,12,14H,2,4,6,8-10H2/t12-/m0/s1. The van der Waals surface area contributed by atoms with Gasteiger partial charge in [-0.1, -0.05) is 12.5 Å². The van der Waals surface area contributed by atoms with E-state index in [9.17, 15) is 0 Å². The Kier molecular flexibility index (Phi) is 4.11. The number of nitrogens with zero attached hydrogens (tertiary/aromatic N) is 1. The number of piperidine rings is 1. The van der Waals surface area contributed by atoms with E-state index in [4.69, 9.17) is 4.74 Å². The molecule has 15 heavy (non-hydrogen) atoms. The largest absolute Gasteiger partial charge is 0.374 e. The van der Waals surface area contributed by atoms with Crippen molar-refractivity contribution in [1.29, 1.82) is 0 Å². The van der Waals surface area contributed by atoms with Crippen LogP contribution in [0.25, 0.3) is 0 Å². The van der Waals surface area contributed by atoms with Crippen LogP contribution in [0.5, 0.6) is 0 Å². The third-order valence-electron chi connectivity index (χ3n) is 2.71. The SMILES string of the molecule is c1ccc(COC[C@@H]2CCCCN2)nc1. The Labute approximate surface area is 90.9 Å². The van der Waals surface area contributed by atoms with Gasteiger partial charge in [0.05, 0.1) is 18.9 Å². The second-order valence-corrected chi connectivity index (χ2v) is 3.98. The third-order valence-corrected chi connectivity index (χ3v) is 2.71. The topological polar surface area (TPSA) is 34.1 Å². The zero-order chi connectivity index (χ0) is 10.3. The molecule has 1 aromatic rings. The molecule has 2 rings (SSSR count). The van der Waals surface area contributed by atoms with Gasteiger partial charge in [-0.05, 0) is 31.5 Å². The minimum Gasteiger partial charge on any atom is -0.374 e. The summed E-state index contributed by atoms with van der Waals surface area (Å²) in [4.78, 5) is 4.22. The maximum atomic E-state index is 5.63. The van der Waals surface area contributed by atoms with Gasteiger partial charge in [-0.2, -0.15) is 0 Å². The molecule has 0 amide bonds. The van der Waals surface area contributed by atoms with Gasteiger partial charge in [0.15, 0.2) is 0 Å². The lowest BCUT2D eigenvalue weighted by atomic mass is 10.1. The van der Waals surface area contributed by atoms with Gasteiger partial charge in [0.25, 0.3) is 0 Å². The van der Waals surface area contributed by atoms with E-state index >= 15 is 0 Å². The molecule has 0 bridgehead atoms. The van der Waals surface area contributed by atoms with Crippen LogP contribution in [0, 0.1) is 0 Å². The fourth-order valence-electron chi connectivity index (χ4n) is 1.86. The Bertz CT molecular complexity index is 270. The Balaban J connectivity index is 1.66. The van der Waals surface area contributed by atoms with Crippen LogP contribution in [0.4, 0.5) is 0 Å². The van der Waals surface area contributed by atoms with Crippen molar-refractivity contribution in [2.75, 3.05) is 13.2 Å². The van der Waals surface area contributed by atoms with Crippen LogP contribution in [-0.4, -0.2) is 24.2 Å². The molecule has 1 aliphatic rings. The van der Waals surface area contributed by atoms with Crippen LogP contribution in [0.2, 0.25) is 0 Å². The number of ether oxygens (including phenoxy) is 1. The molecule has 1 atom stereocenters. The Morgan fingerprint density at radius 3 is 3.13 bits per heavy atom. The Morgan fingerprint density at radius 2 is 2.40 bits per heavy atom. The fourth-order valence-corrected chi connectivity index (χ4v) is 1.86. The third kappa shape index (κ3) is 3.61. The summed E-state index contributed by atoms with van der Waals surface area (Å²) in [5, 5.41) is 3.46. The molecule has 0 spiro atoms. The number of hydrogen-bond acceptors (Lipinski definition) is 3. The average Bonchev–Trinajstić information content (AvgIpc) is 2.32. The van der Waals surface area contributed by atoms with Crippen molar-refractivity contribution in [3.63, 3.8) is 0 Å². The first kappa shape index (κ1) is 10.6. The second kappa shape index (κ2) is 5.83. The molecule has 0 aromatic carbocycles. The molecule has 0 saturated carbocycles. The fraction of sp³-hybridized carbons (Fsp3) is 0.583. The van der Waals surface area contributed by atoms with E-state index in [0.29, 0.717) is 12.6 Å². The van der Waals surface area contributed by atoms with Crippen LogP contribution < -0.4 is 5.32 Å². The number of pyridine rings is 1. The van der Waals surface area contributed by atoms with Crippen molar-refractivity contribution >= 4 is 0 Å². The van der Waals surface area contributed by atoms with Crippen molar-refractivity contribution in [3.05, 3.63) is 30.1 Å². The molecule has 0 unspecified atom stereocenters. The minimum absolute atomic E-state index is 0.544. The summed E-state index contributed by atoms with van der Waals surface area (Å²) < 4.78 is 5.63. The lowest BCUT2D eigenvalue weighted by molar-refractivity contribution is 0.0890. The van der Waals surface area contributed by atoms with Gasteiger partial charge in [-0.15, -0.1) is 0 Å². The smallest absolute Gasteiger partial charge is 0.0888 e. The lowest BCUT2D eigenvalue weighted by Gasteiger charge is -2.23. The van der Waals surface area contributed by atoms with Crippen molar-refractivity contribution < 1.29 is 4.74 Å². The molecule has 82 valence electrons. The first-order valence-corrected chi connectivity index (χ1v) is 5.66. The van der Waals surface area contributed by atoms with Crippen LogP contribution in [-0.2, 0) is 11.3 Å². The van der Waals surface area contributed by atoms with Crippen molar-refractivity contribution in [1.82, 2.24) is 10.3 Å². The molecule has 0 radical (unpaired) electrons.